The van der Waals surface area contributed by atoms with Crippen molar-refractivity contribution in [2.24, 2.45) is 0 Å². The van der Waals surface area contributed by atoms with Crippen LogP contribution in [0.2, 0.25) is 0 Å². The molecule has 0 saturated heterocycles. The molecule has 0 atom stereocenters. The van der Waals surface area contributed by atoms with Gasteiger partial charge in [0.25, 0.3) is 0 Å². The van der Waals surface area contributed by atoms with Crippen molar-refractivity contribution >= 4 is 0 Å². The Hall–Kier alpha value is -1.10. The van der Waals surface area contributed by atoms with Crippen LogP contribution in [0.4, 0.5) is 0 Å². The molecule has 21 heavy (non-hydrogen) atoms. The van der Waals surface area contributed by atoms with Gasteiger partial charge in [-0.2, -0.15) is 0 Å². The van der Waals surface area contributed by atoms with Crippen LogP contribution in [0.1, 0.15) is 19.4 Å². The van der Waals surface area contributed by atoms with Crippen LogP contribution < -0.4 is 10.1 Å². The van der Waals surface area contributed by atoms with Crippen LogP contribution in [0.3, 0.4) is 0 Å². The van der Waals surface area contributed by atoms with Crippen LogP contribution in [0.25, 0.3) is 0 Å². The summed E-state index contributed by atoms with van der Waals surface area (Å²) in [4.78, 5) is 4.77. The first-order valence-corrected chi connectivity index (χ1v) is 7.94. The smallest absolute Gasteiger partial charge is 0.119 e. The molecule has 1 aromatic carbocycles. The van der Waals surface area contributed by atoms with Crippen LogP contribution in [-0.2, 0) is 6.54 Å². The summed E-state index contributed by atoms with van der Waals surface area (Å²) in [6, 6.07) is 8.28. The SMILES string of the molecule is CCN(CC)CCNCCN(C)Cc1cccc(OC)c1. The minimum atomic E-state index is 0.929. The Morgan fingerprint density at radius 3 is 2.48 bits per heavy atom. The van der Waals surface area contributed by atoms with E-state index in [9.17, 15) is 0 Å². The Kier molecular flexibility index (Phi) is 9.06. The maximum absolute atomic E-state index is 5.26. The first-order chi connectivity index (χ1) is 10.2. The zero-order valence-electron chi connectivity index (χ0n) is 14.1. The lowest BCUT2D eigenvalue weighted by Gasteiger charge is -2.20. The number of nitrogens with zero attached hydrogens (tertiary/aromatic N) is 2. The summed E-state index contributed by atoms with van der Waals surface area (Å²) < 4.78 is 5.26. The first-order valence-electron chi connectivity index (χ1n) is 7.94. The van der Waals surface area contributed by atoms with Crippen molar-refractivity contribution in [1.29, 1.82) is 0 Å². The predicted octanol–water partition coefficient (Wildman–Crippen LogP) is 2.06. The van der Waals surface area contributed by atoms with E-state index in [1.54, 1.807) is 7.11 Å². The summed E-state index contributed by atoms with van der Waals surface area (Å²) >= 11 is 0. The average Bonchev–Trinajstić information content (AvgIpc) is 2.51. The van der Waals surface area contributed by atoms with Gasteiger partial charge in [-0.05, 0) is 37.8 Å². The molecule has 0 aliphatic carbocycles. The molecule has 0 spiro atoms. The zero-order chi connectivity index (χ0) is 15.5. The highest BCUT2D eigenvalue weighted by Gasteiger charge is 2.02. The molecule has 0 radical (unpaired) electrons. The normalized spacial score (nSPS) is 11.3. The highest BCUT2D eigenvalue weighted by molar-refractivity contribution is 5.28. The number of likely N-dealkylation sites (N-methyl/N-ethyl adjacent to an activating group) is 2. The molecule has 0 aliphatic heterocycles. The molecule has 0 bridgehead atoms. The molecule has 4 nitrogen and oxygen atoms in total. The van der Waals surface area contributed by atoms with Gasteiger partial charge in [0.2, 0.25) is 0 Å². The third-order valence-electron chi connectivity index (χ3n) is 3.76. The summed E-state index contributed by atoms with van der Waals surface area (Å²) in [5.41, 5.74) is 1.29. The van der Waals surface area contributed by atoms with Crippen LogP contribution in [0.5, 0.6) is 5.75 Å². The van der Waals surface area contributed by atoms with Crippen molar-refractivity contribution in [1.82, 2.24) is 15.1 Å². The van der Waals surface area contributed by atoms with Crippen LogP contribution in [0.15, 0.2) is 24.3 Å². The Morgan fingerprint density at radius 1 is 1.10 bits per heavy atom. The molecule has 0 unspecified atom stereocenters. The van der Waals surface area contributed by atoms with E-state index >= 15 is 0 Å². The minimum absolute atomic E-state index is 0.929. The van der Waals surface area contributed by atoms with Crippen molar-refractivity contribution in [3.05, 3.63) is 29.8 Å². The zero-order valence-corrected chi connectivity index (χ0v) is 14.1. The van der Waals surface area contributed by atoms with Gasteiger partial charge in [-0.3, -0.25) is 0 Å². The van der Waals surface area contributed by atoms with E-state index in [2.05, 4.69) is 48.1 Å². The highest BCUT2D eigenvalue weighted by atomic mass is 16.5. The summed E-state index contributed by atoms with van der Waals surface area (Å²) in [5.74, 6) is 0.929. The molecule has 1 rings (SSSR count). The second kappa shape index (κ2) is 10.6. The summed E-state index contributed by atoms with van der Waals surface area (Å²) in [6.45, 7) is 11.9. The average molecular weight is 293 g/mol. The second-order valence-corrected chi connectivity index (χ2v) is 5.37. The molecule has 0 fully saturated rings. The van der Waals surface area contributed by atoms with Gasteiger partial charge >= 0.3 is 0 Å². The summed E-state index contributed by atoms with van der Waals surface area (Å²) in [6.07, 6.45) is 0. The summed E-state index contributed by atoms with van der Waals surface area (Å²) in [7, 11) is 3.87. The fourth-order valence-corrected chi connectivity index (χ4v) is 2.33. The fourth-order valence-electron chi connectivity index (χ4n) is 2.33. The number of nitrogens with one attached hydrogen (secondary N) is 1. The number of rotatable bonds is 11. The second-order valence-electron chi connectivity index (χ2n) is 5.37. The maximum atomic E-state index is 5.26. The number of ether oxygens (including phenoxy) is 1. The maximum Gasteiger partial charge on any atom is 0.119 e. The Balaban J connectivity index is 2.17. The van der Waals surface area contributed by atoms with E-state index in [0.717, 1.165) is 51.6 Å². The molecule has 0 aliphatic rings. The number of benzene rings is 1. The number of hydrogen-bond donors (Lipinski definition) is 1. The fraction of sp³-hybridized carbons (Fsp3) is 0.647. The lowest BCUT2D eigenvalue weighted by molar-refractivity contribution is 0.290. The van der Waals surface area contributed by atoms with Crippen molar-refractivity contribution in [3.63, 3.8) is 0 Å². The third kappa shape index (κ3) is 7.46. The Bertz CT molecular complexity index is 380. The van der Waals surface area contributed by atoms with E-state index in [4.69, 9.17) is 4.74 Å². The van der Waals surface area contributed by atoms with E-state index in [1.165, 1.54) is 5.56 Å². The van der Waals surface area contributed by atoms with Gasteiger partial charge in [0.05, 0.1) is 7.11 Å². The van der Waals surface area contributed by atoms with Gasteiger partial charge in [0.15, 0.2) is 0 Å². The number of hydrogen-bond acceptors (Lipinski definition) is 4. The van der Waals surface area contributed by atoms with E-state index in [1.807, 2.05) is 12.1 Å². The molecule has 4 heteroatoms. The van der Waals surface area contributed by atoms with E-state index < -0.39 is 0 Å². The molecule has 0 heterocycles. The van der Waals surface area contributed by atoms with Crippen molar-refractivity contribution < 1.29 is 4.74 Å². The Labute approximate surface area is 130 Å². The van der Waals surface area contributed by atoms with Crippen LogP contribution >= 0.6 is 0 Å². The number of methoxy groups -OCH3 is 1. The van der Waals surface area contributed by atoms with Gasteiger partial charge in [-0.25, -0.2) is 0 Å². The van der Waals surface area contributed by atoms with Gasteiger partial charge in [0.1, 0.15) is 5.75 Å². The minimum Gasteiger partial charge on any atom is -0.497 e. The lowest BCUT2D eigenvalue weighted by Crippen LogP contribution is -2.35. The van der Waals surface area contributed by atoms with E-state index in [-0.39, 0.29) is 0 Å². The van der Waals surface area contributed by atoms with Crippen molar-refractivity contribution in [3.8, 4) is 5.75 Å². The van der Waals surface area contributed by atoms with E-state index in [0.29, 0.717) is 0 Å². The standard InChI is InChI=1S/C17H31N3O/c1-5-20(6-2)13-11-18-10-12-19(3)15-16-8-7-9-17(14-16)21-4/h7-9,14,18H,5-6,10-13,15H2,1-4H3. The Morgan fingerprint density at radius 2 is 1.81 bits per heavy atom. The van der Waals surface area contributed by atoms with Gasteiger partial charge in [-0.1, -0.05) is 26.0 Å². The molecule has 1 aromatic rings. The molecule has 120 valence electrons. The third-order valence-corrected chi connectivity index (χ3v) is 3.76. The van der Waals surface area contributed by atoms with Gasteiger partial charge in [0, 0.05) is 32.7 Å². The molecular formula is C17H31N3O. The van der Waals surface area contributed by atoms with Crippen molar-refractivity contribution in [2.75, 3.05) is 53.4 Å². The van der Waals surface area contributed by atoms with Gasteiger partial charge in [-0.15, -0.1) is 0 Å². The molecule has 0 saturated carbocycles. The highest BCUT2D eigenvalue weighted by Crippen LogP contribution is 2.13. The molecule has 0 amide bonds. The topological polar surface area (TPSA) is 27.7 Å². The molecular weight excluding hydrogens is 262 g/mol. The monoisotopic (exact) mass is 293 g/mol. The molecule has 0 aromatic heterocycles. The largest absolute Gasteiger partial charge is 0.497 e. The quantitative estimate of drug-likeness (QED) is 0.632. The lowest BCUT2D eigenvalue weighted by atomic mass is 10.2. The van der Waals surface area contributed by atoms with Crippen LogP contribution in [-0.4, -0.2) is 63.2 Å². The predicted molar refractivity (Wildman–Crippen MR) is 90.0 cm³/mol. The molecule has 1 N–H and O–H groups in total. The van der Waals surface area contributed by atoms with Crippen LogP contribution in [0, 0.1) is 0 Å². The van der Waals surface area contributed by atoms with Crippen molar-refractivity contribution in [2.45, 2.75) is 20.4 Å². The van der Waals surface area contributed by atoms with Gasteiger partial charge < -0.3 is 19.9 Å². The first kappa shape index (κ1) is 18.0. The summed E-state index contributed by atoms with van der Waals surface area (Å²) in [5, 5.41) is 3.52.